The molecule has 8 heterocycles. The number of rotatable bonds is 33. The molecule has 0 aromatic carbocycles. The molecule has 0 saturated carbocycles. The first-order valence-electron chi connectivity index (χ1n) is 34.8. The number of hydrogen-bond donors (Lipinski definition) is 27. The highest BCUT2D eigenvalue weighted by atomic mass is 16.8. The molecule has 0 unspecified atom stereocenters. The molecule has 636 valence electrons. The zero-order valence-corrected chi connectivity index (χ0v) is 59.1. The fraction of sp³-hybridized carbons (Fsp3) is 0.918. The van der Waals surface area contributed by atoms with Gasteiger partial charge in [0.25, 0.3) is 0 Å². The molecule has 0 radical (unpaired) electrons. The molecule has 49 nitrogen and oxygen atoms in total. The van der Waals surface area contributed by atoms with E-state index in [0.717, 1.165) is 20.8 Å². The Balaban J connectivity index is 1.15. The summed E-state index contributed by atoms with van der Waals surface area (Å²) in [6.07, 6.45) is -80.0. The first-order valence-corrected chi connectivity index (χ1v) is 34.8. The van der Waals surface area contributed by atoms with Crippen LogP contribution in [0.15, 0.2) is 0 Å². The van der Waals surface area contributed by atoms with E-state index >= 15 is 0 Å². The van der Waals surface area contributed by atoms with Crippen LogP contribution in [0.5, 0.6) is 0 Å². The lowest BCUT2D eigenvalue weighted by molar-refractivity contribution is -0.411. The summed E-state index contributed by atoms with van der Waals surface area (Å²) in [5.74, 6) is -8.77. The van der Waals surface area contributed by atoms with Crippen molar-refractivity contribution < 1.29 is 222 Å². The predicted octanol–water partition coefficient (Wildman–Crippen LogP) is -20.0. The monoisotopic (exact) mass is 1610 g/mol. The lowest BCUT2D eigenvalue weighted by Gasteiger charge is -2.52. The Morgan fingerprint density at radius 3 is 1.42 bits per heavy atom. The van der Waals surface area contributed by atoms with Gasteiger partial charge in [-0.05, 0) is 6.92 Å². The van der Waals surface area contributed by atoms with Crippen molar-refractivity contribution in [3.63, 3.8) is 0 Å². The molecule has 0 aromatic heterocycles. The van der Waals surface area contributed by atoms with Crippen LogP contribution in [0.3, 0.4) is 0 Å². The Morgan fingerprint density at radius 2 is 0.873 bits per heavy atom. The minimum absolute atomic E-state index is 0.210. The van der Waals surface area contributed by atoms with Gasteiger partial charge in [0.1, 0.15) is 189 Å². The third kappa shape index (κ3) is 20.4. The lowest BCUT2D eigenvalue weighted by Crippen LogP contribution is -2.72. The van der Waals surface area contributed by atoms with Crippen molar-refractivity contribution in [1.82, 2.24) is 21.3 Å². The summed E-state index contributed by atoms with van der Waals surface area (Å²) in [5, 5.41) is 277. The Bertz CT molecular complexity index is 2910. The van der Waals surface area contributed by atoms with E-state index < -0.39 is 347 Å². The van der Waals surface area contributed by atoms with Crippen molar-refractivity contribution in [2.45, 2.75) is 291 Å². The summed E-state index contributed by atoms with van der Waals surface area (Å²) in [7, 11) is 0. The van der Waals surface area contributed by atoms with Gasteiger partial charge in [0.15, 0.2) is 44.0 Å². The molecule has 4 amide bonds. The average molecular weight is 1610 g/mol. The normalized spacial score (nSPS) is 46.2. The third-order valence-corrected chi connectivity index (χ3v) is 19.7. The molecular weight excluding hydrogens is 1510 g/mol. The molecule has 8 saturated heterocycles. The van der Waals surface area contributed by atoms with Gasteiger partial charge in [0.2, 0.25) is 29.9 Å². The summed E-state index contributed by atoms with van der Waals surface area (Å²) >= 11 is 0. The highest BCUT2D eigenvalue weighted by molar-refractivity contribution is 5.75. The van der Waals surface area contributed by atoms with E-state index in [9.17, 15) is 147 Å². The number of carboxylic acids is 1. The number of aliphatic hydroxyl groups is 23. The van der Waals surface area contributed by atoms with Crippen molar-refractivity contribution in [2.24, 2.45) is 0 Å². The van der Waals surface area contributed by atoms with Crippen molar-refractivity contribution >= 4 is 30.1 Å². The van der Waals surface area contributed by atoms with Crippen LogP contribution >= 0.6 is 0 Å². The van der Waals surface area contributed by atoms with E-state index in [1.54, 1.807) is 0 Å². The SMILES string of the molecule is CC(=O)N[C@H]1[C@H](OC[C@H]2O[C@@H](O[C@H]3[C@H](O)[C@@H](O)[C@H](OC[C@@H](CO)NC=O)O[C@@H]3CO)[C@H](O)[C@@H](O[C@@H]3O[C@H](CO)[C@@H](O)[C@H](O[C@@H]4O[C@H](CO)[C@H](O)[C@H](O[C@]5(C(=O)[O-])C[C@H](O)[C@@H](NC(C)=O)[C@H]([C@H](O)[C@H](O)CO)O5)[C@H]4O)[C@H]3NC(C)=O)[C@H]2O)O[C@H](CO)[C@@H](O[C@@H]2O[C@H](CO)[C@H](O)[C@H](O)[C@H]2O)[C@@H]1O[C@@H]1O[C@@H](C)[C@@H](O)[C@@H](O)[C@@H]1O. The molecule has 27 N–H and O–H groups in total. The Labute approximate surface area is 622 Å². The second kappa shape index (κ2) is 40.1. The summed E-state index contributed by atoms with van der Waals surface area (Å²) in [6.45, 7) is -5.44. The number of carbonyl (C=O) groups excluding carboxylic acids is 5. The molecule has 8 aliphatic heterocycles. The van der Waals surface area contributed by atoms with E-state index in [1.165, 1.54) is 6.92 Å². The quantitative estimate of drug-likeness (QED) is 0.0271. The summed E-state index contributed by atoms with van der Waals surface area (Å²) in [4.78, 5) is 63.3. The number of carbonyl (C=O) groups is 5. The number of nitrogens with one attached hydrogen (secondary N) is 4. The molecule has 0 bridgehead atoms. The topological polar surface area (TPSA) is 770 Å². The van der Waals surface area contributed by atoms with Crippen LogP contribution < -0.4 is 26.4 Å². The summed E-state index contributed by atoms with van der Waals surface area (Å²) in [6, 6.07) is -6.92. The van der Waals surface area contributed by atoms with Crippen molar-refractivity contribution in [2.75, 3.05) is 59.5 Å². The van der Waals surface area contributed by atoms with E-state index in [-0.39, 0.29) is 6.41 Å². The molecule has 0 spiro atoms. The van der Waals surface area contributed by atoms with Crippen molar-refractivity contribution in [3.05, 3.63) is 0 Å². The molecular formula is C61H101N4O45-. The van der Waals surface area contributed by atoms with Crippen LogP contribution in [-0.4, -0.2) is 464 Å². The molecule has 0 aromatic rings. The van der Waals surface area contributed by atoms with Gasteiger partial charge in [-0.2, -0.15) is 0 Å². The Kier molecular flexibility index (Phi) is 33.3. The van der Waals surface area contributed by atoms with Crippen LogP contribution in [0, 0.1) is 0 Å². The highest BCUT2D eigenvalue weighted by Gasteiger charge is 2.62. The van der Waals surface area contributed by atoms with Crippen molar-refractivity contribution in [1.29, 1.82) is 0 Å². The summed E-state index contributed by atoms with van der Waals surface area (Å²) in [5.41, 5.74) is 0. The highest BCUT2D eigenvalue weighted by Crippen LogP contribution is 2.41. The molecule has 0 aliphatic carbocycles. The van der Waals surface area contributed by atoms with Gasteiger partial charge < -0.3 is 224 Å². The molecule has 8 fully saturated rings. The smallest absolute Gasteiger partial charge is 0.217 e. The van der Waals surface area contributed by atoms with Crippen LogP contribution in [0.25, 0.3) is 0 Å². The molecule has 8 rings (SSSR count). The van der Waals surface area contributed by atoms with Gasteiger partial charge in [-0.1, -0.05) is 0 Å². The first kappa shape index (κ1) is 91.3. The minimum atomic E-state index is -3.44. The Morgan fingerprint density at radius 1 is 0.445 bits per heavy atom. The predicted molar refractivity (Wildman–Crippen MR) is 336 cm³/mol. The van der Waals surface area contributed by atoms with Gasteiger partial charge >= 0.3 is 0 Å². The largest absolute Gasteiger partial charge is 0.544 e. The van der Waals surface area contributed by atoms with E-state index in [1.807, 2.05) is 0 Å². The number of ether oxygens (including phenoxy) is 16. The zero-order valence-electron chi connectivity index (χ0n) is 59.1. The molecule has 42 atom stereocenters. The Hall–Kier alpha value is -4.21. The number of carboxylic acid groups (broad SMARTS) is 1. The van der Waals surface area contributed by atoms with Crippen LogP contribution in [0.2, 0.25) is 0 Å². The van der Waals surface area contributed by atoms with Gasteiger partial charge in [-0.3, -0.25) is 19.2 Å². The van der Waals surface area contributed by atoms with Gasteiger partial charge in [-0.15, -0.1) is 0 Å². The second-order valence-corrected chi connectivity index (χ2v) is 27.5. The maximum Gasteiger partial charge on any atom is 0.217 e. The number of hydrogen-bond acceptors (Lipinski definition) is 45. The van der Waals surface area contributed by atoms with Gasteiger partial charge in [-0.25, -0.2) is 0 Å². The second-order valence-electron chi connectivity index (χ2n) is 27.5. The minimum Gasteiger partial charge on any atom is -0.544 e. The fourth-order valence-electron chi connectivity index (χ4n) is 13.8. The van der Waals surface area contributed by atoms with Crippen LogP contribution in [0.1, 0.15) is 34.1 Å². The molecule has 8 aliphatic rings. The maximum atomic E-state index is 13.4. The van der Waals surface area contributed by atoms with Gasteiger partial charge in [0, 0.05) is 27.2 Å². The van der Waals surface area contributed by atoms with E-state index in [0.29, 0.717) is 0 Å². The van der Waals surface area contributed by atoms with Crippen molar-refractivity contribution in [3.8, 4) is 0 Å². The fourth-order valence-corrected chi connectivity index (χ4v) is 13.8. The first-order chi connectivity index (χ1) is 52.0. The van der Waals surface area contributed by atoms with Crippen LogP contribution in [-0.2, 0) is 99.8 Å². The van der Waals surface area contributed by atoms with Crippen LogP contribution in [0.4, 0.5) is 0 Å². The number of aliphatic carboxylic acids is 1. The maximum absolute atomic E-state index is 13.4. The zero-order chi connectivity index (χ0) is 81.4. The van der Waals surface area contributed by atoms with E-state index in [4.69, 9.17) is 75.8 Å². The standard InChI is InChI=1S/C61H102N4O45/c1-16-32(79)38(85)41(88)56(97-16)107-50-31(65-19(4)76)53(101-27(12-72)47(50)105-57-42(89)39(86)34(81)23(8-68)99-57)96-14-28-37(84)51(44(91)58(103-28)104-46-26(11-71)102-55(43(90)40(46)87)95-13-20(6-66)62-15-73)108-54-30(64-18(3)75)48(35(82)24(9-69)98-54)106-59-45(92)52(36(83)25(10-70)100-59)110-61(60(93)94)5-21(77)29(63-17(2)74)49(109-61)33(80)22(78)7-67/h15-16,20-59,66-72,77-92H,5-14H2,1-4H3,(H,62,73)(H,63,74)(H,64,75)(H,65,76)(H,93,94)/p-1/t16-,20+,21-,22+,23+,24+,25+,26+,27+,28+,29+,30+,31+,32+,33+,34-,35+,36-,37-,38+,39-,40+,41-,42+,43+,44+,45+,46+,47+,48+,49+,50+,51-,52-,53+,54-,55+,56-,57-,58-,59-,61-/m0/s1. The summed E-state index contributed by atoms with van der Waals surface area (Å²) < 4.78 is 94.7. The number of amides is 4. The lowest BCUT2D eigenvalue weighted by atomic mass is 9.88. The average Bonchev–Trinajstić information content (AvgIpc) is 0.756. The van der Waals surface area contributed by atoms with Gasteiger partial charge in [0.05, 0.1) is 83.8 Å². The number of aliphatic hydroxyl groups excluding tert-OH is 23. The van der Waals surface area contributed by atoms with E-state index in [2.05, 4.69) is 21.3 Å². The third-order valence-electron chi connectivity index (χ3n) is 19.7. The molecule has 49 heteroatoms. The molecule has 110 heavy (non-hydrogen) atoms.